The summed E-state index contributed by atoms with van der Waals surface area (Å²) < 4.78 is 11.0. The average Bonchev–Trinajstić information content (AvgIpc) is 3.20. The SMILES string of the molecule is CCC[C@@H]1[C@H]2O[C@@]3(CCCN3C2=O)[C@H]1C(=O)N1CCOC1=O. The van der Waals surface area contributed by atoms with E-state index in [1.807, 2.05) is 6.92 Å². The van der Waals surface area contributed by atoms with E-state index < -0.39 is 23.8 Å². The Kier molecular flexibility index (Phi) is 2.98. The lowest BCUT2D eigenvalue weighted by atomic mass is 9.76. The van der Waals surface area contributed by atoms with Crippen LogP contribution in [-0.2, 0) is 19.1 Å². The molecule has 0 aromatic heterocycles. The van der Waals surface area contributed by atoms with Crippen LogP contribution in [0.3, 0.4) is 0 Å². The van der Waals surface area contributed by atoms with Crippen molar-refractivity contribution < 1.29 is 23.9 Å². The molecule has 4 heterocycles. The van der Waals surface area contributed by atoms with Crippen LogP contribution < -0.4 is 0 Å². The van der Waals surface area contributed by atoms with E-state index in [-0.39, 0.29) is 24.3 Å². The third kappa shape index (κ3) is 1.57. The molecule has 1 spiro atoms. The zero-order valence-corrected chi connectivity index (χ0v) is 12.6. The van der Waals surface area contributed by atoms with Crippen molar-refractivity contribution in [2.24, 2.45) is 11.8 Å². The summed E-state index contributed by atoms with van der Waals surface area (Å²) in [6.45, 7) is 3.21. The summed E-state index contributed by atoms with van der Waals surface area (Å²) in [6, 6.07) is 0. The smallest absolute Gasteiger partial charge is 0.416 e. The van der Waals surface area contributed by atoms with Gasteiger partial charge in [0.25, 0.3) is 5.91 Å². The van der Waals surface area contributed by atoms with Gasteiger partial charge >= 0.3 is 6.09 Å². The minimum atomic E-state index is -0.818. The first kappa shape index (κ1) is 14.0. The highest BCUT2D eigenvalue weighted by Gasteiger charge is 2.71. The van der Waals surface area contributed by atoms with Crippen molar-refractivity contribution in [3.8, 4) is 0 Å². The maximum absolute atomic E-state index is 13.0. The highest BCUT2D eigenvalue weighted by molar-refractivity contribution is 5.98. The Labute approximate surface area is 128 Å². The normalized spacial score (nSPS) is 39.6. The molecule has 0 aliphatic carbocycles. The van der Waals surface area contributed by atoms with E-state index in [2.05, 4.69) is 0 Å². The quantitative estimate of drug-likeness (QED) is 0.768. The summed E-state index contributed by atoms with van der Waals surface area (Å²) in [5.74, 6) is -0.789. The highest BCUT2D eigenvalue weighted by atomic mass is 16.6. The number of hydrogen-bond acceptors (Lipinski definition) is 5. The number of cyclic esters (lactones) is 1. The number of ether oxygens (including phenoxy) is 2. The molecule has 4 atom stereocenters. The van der Waals surface area contributed by atoms with Crippen LogP contribution in [-0.4, -0.2) is 59.2 Å². The topological polar surface area (TPSA) is 76.2 Å². The van der Waals surface area contributed by atoms with Gasteiger partial charge < -0.3 is 14.4 Å². The van der Waals surface area contributed by atoms with Crippen LogP contribution in [0.5, 0.6) is 0 Å². The molecule has 22 heavy (non-hydrogen) atoms. The van der Waals surface area contributed by atoms with Crippen LogP contribution in [0.15, 0.2) is 0 Å². The van der Waals surface area contributed by atoms with Crippen LogP contribution in [0, 0.1) is 11.8 Å². The largest absolute Gasteiger partial charge is 0.447 e. The van der Waals surface area contributed by atoms with Crippen molar-refractivity contribution >= 4 is 17.9 Å². The first-order chi connectivity index (χ1) is 10.6. The Balaban J connectivity index is 1.70. The van der Waals surface area contributed by atoms with Gasteiger partial charge in [0.15, 0.2) is 5.72 Å². The molecule has 0 saturated carbocycles. The Bertz CT molecular complexity index is 550. The first-order valence-corrected chi connectivity index (χ1v) is 8.07. The van der Waals surface area contributed by atoms with E-state index >= 15 is 0 Å². The van der Waals surface area contributed by atoms with Crippen LogP contribution in [0.25, 0.3) is 0 Å². The third-order valence-electron chi connectivity index (χ3n) is 5.43. The molecule has 3 amide bonds. The molecule has 4 aliphatic heterocycles. The van der Waals surface area contributed by atoms with Gasteiger partial charge in [-0.05, 0) is 19.3 Å². The Morgan fingerprint density at radius 3 is 2.86 bits per heavy atom. The van der Waals surface area contributed by atoms with E-state index in [0.717, 1.165) is 19.3 Å². The highest BCUT2D eigenvalue weighted by Crippen LogP contribution is 2.56. The molecule has 2 bridgehead atoms. The van der Waals surface area contributed by atoms with Gasteiger partial charge in [-0.2, -0.15) is 0 Å². The Hall–Kier alpha value is -1.63. The third-order valence-corrected chi connectivity index (χ3v) is 5.43. The second-order valence-electron chi connectivity index (χ2n) is 6.51. The molecule has 7 nitrogen and oxygen atoms in total. The van der Waals surface area contributed by atoms with Gasteiger partial charge in [-0.15, -0.1) is 0 Å². The number of imide groups is 1. The monoisotopic (exact) mass is 308 g/mol. The lowest BCUT2D eigenvalue weighted by Crippen LogP contribution is -2.58. The fourth-order valence-corrected chi connectivity index (χ4v) is 4.62. The Morgan fingerprint density at radius 1 is 1.36 bits per heavy atom. The van der Waals surface area contributed by atoms with E-state index in [4.69, 9.17) is 9.47 Å². The molecule has 0 aromatic carbocycles. The van der Waals surface area contributed by atoms with Crippen molar-refractivity contribution in [1.82, 2.24) is 9.80 Å². The van der Waals surface area contributed by atoms with Gasteiger partial charge in [0.05, 0.1) is 12.5 Å². The van der Waals surface area contributed by atoms with Crippen LogP contribution >= 0.6 is 0 Å². The summed E-state index contributed by atoms with van der Waals surface area (Å²) >= 11 is 0. The maximum Gasteiger partial charge on any atom is 0.416 e. The summed E-state index contributed by atoms with van der Waals surface area (Å²) in [6.07, 6.45) is 2.05. The van der Waals surface area contributed by atoms with Gasteiger partial charge in [0.2, 0.25) is 5.91 Å². The van der Waals surface area contributed by atoms with Crippen molar-refractivity contribution in [1.29, 1.82) is 0 Å². The average molecular weight is 308 g/mol. The maximum atomic E-state index is 13.0. The zero-order valence-electron chi connectivity index (χ0n) is 12.6. The van der Waals surface area contributed by atoms with Gasteiger partial charge in [-0.25, -0.2) is 9.69 Å². The zero-order chi connectivity index (χ0) is 15.5. The molecule has 0 radical (unpaired) electrons. The molecule has 7 heteroatoms. The van der Waals surface area contributed by atoms with Crippen LogP contribution in [0.1, 0.15) is 32.6 Å². The van der Waals surface area contributed by atoms with Crippen molar-refractivity contribution in [2.45, 2.75) is 44.4 Å². The fraction of sp³-hybridized carbons (Fsp3) is 0.800. The second kappa shape index (κ2) is 4.68. The molecule has 4 saturated heterocycles. The fourth-order valence-electron chi connectivity index (χ4n) is 4.62. The molecule has 4 aliphatic rings. The molecule has 120 valence electrons. The standard InChI is InChI=1S/C15H20N2O5/c1-2-4-9-10(12(18)16-7-8-21-14(16)20)15-5-3-6-17(15)13(19)11(9)22-15/h9-11H,2-8H2,1H3/t9-,10+,11+,15-/m0/s1. The molecule has 4 fully saturated rings. The van der Waals surface area contributed by atoms with Crippen LogP contribution in [0.2, 0.25) is 0 Å². The predicted molar refractivity (Wildman–Crippen MR) is 73.5 cm³/mol. The van der Waals surface area contributed by atoms with Crippen molar-refractivity contribution in [2.75, 3.05) is 19.7 Å². The molecule has 4 rings (SSSR count). The molecule has 0 aromatic rings. The molecular formula is C15H20N2O5. The van der Waals surface area contributed by atoms with E-state index in [0.29, 0.717) is 19.5 Å². The van der Waals surface area contributed by atoms with E-state index in [1.165, 1.54) is 4.90 Å². The molecular weight excluding hydrogens is 288 g/mol. The number of carbonyl (C=O) groups is 3. The number of fused-ring (bicyclic) bond motifs is 1. The summed E-state index contributed by atoms with van der Waals surface area (Å²) in [5.41, 5.74) is -0.818. The molecule has 0 N–H and O–H groups in total. The number of amides is 3. The lowest BCUT2D eigenvalue weighted by Gasteiger charge is -2.39. The lowest BCUT2D eigenvalue weighted by molar-refractivity contribution is -0.151. The van der Waals surface area contributed by atoms with Gasteiger partial charge in [-0.1, -0.05) is 13.3 Å². The Morgan fingerprint density at radius 2 is 2.18 bits per heavy atom. The summed E-state index contributed by atoms with van der Waals surface area (Å²) in [7, 11) is 0. The van der Waals surface area contributed by atoms with Crippen molar-refractivity contribution in [3.05, 3.63) is 0 Å². The summed E-state index contributed by atoms with van der Waals surface area (Å²) in [5, 5.41) is 0. The minimum Gasteiger partial charge on any atom is -0.447 e. The minimum absolute atomic E-state index is 0.0176. The number of carbonyl (C=O) groups excluding carboxylic acids is 3. The predicted octanol–water partition coefficient (Wildman–Crippen LogP) is 0.729. The first-order valence-electron chi connectivity index (χ1n) is 8.07. The number of piperidine rings is 1. The van der Waals surface area contributed by atoms with Gasteiger partial charge in [0, 0.05) is 12.5 Å². The van der Waals surface area contributed by atoms with E-state index in [9.17, 15) is 14.4 Å². The number of hydrogen-bond donors (Lipinski definition) is 0. The molecule has 0 unspecified atom stereocenters. The van der Waals surface area contributed by atoms with Gasteiger partial charge in [-0.3, -0.25) is 9.59 Å². The second-order valence-corrected chi connectivity index (χ2v) is 6.51. The van der Waals surface area contributed by atoms with Gasteiger partial charge in [0.1, 0.15) is 12.7 Å². The number of rotatable bonds is 3. The number of nitrogens with zero attached hydrogens (tertiary/aromatic N) is 2. The van der Waals surface area contributed by atoms with E-state index in [1.54, 1.807) is 4.90 Å². The summed E-state index contributed by atoms with van der Waals surface area (Å²) in [4.78, 5) is 40.1. The van der Waals surface area contributed by atoms with Crippen molar-refractivity contribution in [3.63, 3.8) is 0 Å². The van der Waals surface area contributed by atoms with Crippen LogP contribution in [0.4, 0.5) is 4.79 Å².